The summed E-state index contributed by atoms with van der Waals surface area (Å²) in [6, 6.07) is 0. The first-order valence-electron chi connectivity index (χ1n) is 21.0. The van der Waals surface area contributed by atoms with E-state index in [2.05, 4.69) is 80.7 Å². The number of nitrogens with zero attached hydrogens (tertiary/aromatic N) is 1. The van der Waals surface area contributed by atoms with Crippen molar-refractivity contribution in [1.29, 1.82) is 0 Å². The van der Waals surface area contributed by atoms with Crippen LogP contribution < -0.4 is 0 Å². The van der Waals surface area contributed by atoms with Gasteiger partial charge in [0.2, 0.25) is 0 Å². The van der Waals surface area contributed by atoms with Gasteiger partial charge in [-0.05, 0) is 70.6 Å². The predicted octanol–water partition coefficient (Wildman–Crippen LogP) is 11.8. The van der Waals surface area contributed by atoms with Crippen molar-refractivity contribution in [1.82, 2.24) is 0 Å². The summed E-state index contributed by atoms with van der Waals surface area (Å²) >= 11 is 0. The van der Waals surface area contributed by atoms with Gasteiger partial charge in [0, 0.05) is 12.8 Å². The molecule has 0 aliphatic heterocycles. The molecule has 0 saturated carbocycles. The highest BCUT2D eigenvalue weighted by atomic mass is 31.2. The Balaban J connectivity index is 4.51. The summed E-state index contributed by atoms with van der Waals surface area (Å²) in [5, 5.41) is 0. The normalized spacial score (nSPS) is 14.6. The lowest BCUT2D eigenvalue weighted by Gasteiger charge is -2.24. The third kappa shape index (κ3) is 40.6. The van der Waals surface area contributed by atoms with Crippen LogP contribution in [-0.4, -0.2) is 74.9 Å². The lowest BCUT2D eigenvalue weighted by atomic mass is 10.1. The molecule has 0 bridgehead atoms. The molecule has 0 amide bonds. The van der Waals surface area contributed by atoms with E-state index in [1.165, 1.54) is 6.42 Å². The highest BCUT2D eigenvalue weighted by Gasteiger charge is 2.27. The first-order valence-corrected chi connectivity index (χ1v) is 22.5. The standard InChI is InChI=1S/C46H76NO8P/c1-6-8-10-12-14-16-18-20-22-23-25-26-28-30-32-34-36-38-45(48)52-42-44(43-54-56(50,51)53-41-40-47(3,4)5)55-46(49)39-37-35-33-31-29-27-24-21-19-17-15-13-11-9-7-2/h9-13,15-19,21-24,26,28,44H,6-8,14,20,25,27,29-43H2,1-5H3/p+1/b11-9+,12-10+,15-13+,18-16+,19-17+,23-22+,24-21+,28-26+/t44-/m1/s1. The van der Waals surface area contributed by atoms with E-state index in [-0.39, 0.29) is 26.1 Å². The average molecular weight is 803 g/mol. The van der Waals surface area contributed by atoms with E-state index in [1.54, 1.807) is 0 Å². The molecule has 0 fully saturated rings. The molecule has 0 aromatic carbocycles. The van der Waals surface area contributed by atoms with Crippen molar-refractivity contribution in [2.45, 2.75) is 136 Å². The van der Waals surface area contributed by atoms with Crippen molar-refractivity contribution < 1.29 is 42.1 Å². The van der Waals surface area contributed by atoms with Crippen LogP contribution in [0, 0.1) is 0 Å². The second kappa shape index (κ2) is 37.5. The molecule has 56 heavy (non-hydrogen) atoms. The molecule has 2 atom stereocenters. The van der Waals surface area contributed by atoms with Crippen LogP contribution in [0.4, 0.5) is 0 Å². The van der Waals surface area contributed by atoms with Crippen molar-refractivity contribution in [3.63, 3.8) is 0 Å². The van der Waals surface area contributed by atoms with Gasteiger partial charge in [-0.3, -0.25) is 18.6 Å². The number of quaternary nitrogens is 1. The summed E-state index contributed by atoms with van der Waals surface area (Å²) in [5.41, 5.74) is 0. The Hall–Kier alpha value is -3.07. The quantitative estimate of drug-likeness (QED) is 0.0167. The first-order chi connectivity index (χ1) is 27.0. The van der Waals surface area contributed by atoms with Crippen LogP contribution in [-0.2, 0) is 32.7 Å². The van der Waals surface area contributed by atoms with Crippen LogP contribution in [0.25, 0.3) is 0 Å². The Kier molecular flexibility index (Phi) is 35.4. The van der Waals surface area contributed by atoms with E-state index in [9.17, 15) is 19.0 Å². The smallest absolute Gasteiger partial charge is 0.462 e. The van der Waals surface area contributed by atoms with Gasteiger partial charge in [0.05, 0.1) is 27.7 Å². The molecule has 0 radical (unpaired) electrons. The number of carbonyl (C=O) groups excluding carboxylic acids is 2. The van der Waals surface area contributed by atoms with Crippen LogP contribution in [0.15, 0.2) is 97.2 Å². The number of phosphoric acid groups is 1. The molecular formula is C46H77NO8P+. The molecule has 10 heteroatoms. The average Bonchev–Trinajstić information content (AvgIpc) is 3.15. The van der Waals surface area contributed by atoms with E-state index < -0.39 is 32.5 Å². The number of rotatable bonds is 36. The Morgan fingerprint density at radius 1 is 0.589 bits per heavy atom. The second-order valence-corrected chi connectivity index (χ2v) is 16.2. The number of likely N-dealkylation sites (N-methyl/N-ethyl adjacent to an activating group) is 1. The molecule has 0 spiro atoms. The zero-order valence-electron chi connectivity index (χ0n) is 35.6. The van der Waals surface area contributed by atoms with Gasteiger partial charge in [0.1, 0.15) is 19.8 Å². The fourth-order valence-corrected chi connectivity index (χ4v) is 5.64. The van der Waals surface area contributed by atoms with Crippen LogP contribution in [0.2, 0.25) is 0 Å². The van der Waals surface area contributed by atoms with E-state index >= 15 is 0 Å². The molecule has 0 aromatic heterocycles. The molecule has 0 rings (SSSR count). The van der Waals surface area contributed by atoms with Gasteiger partial charge >= 0.3 is 19.8 Å². The number of hydrogen-bond acceptors (Lipinski definition) is 7. The number of esters is 2. The van der Waals surface area contributed by atoms with Crippen LogP contribution in [0.1, 0.15) is 129 Å². The topological polar surface area (TPSA) is 108 Å². The number of ether oxygens (including phenoxy) is 2. The number of phosphoric ester groups is 1. The number of hydrogen-bond donors (Lipinski definition) is 1. The molecule has 318 valence electrons. The van der Waals surface area contributed by atoms with Crippen molar-refractivity contribution in [2.75, 3.05) is 47.5 Å². The summed E-state index contributed by atoms with van der Waals surface area (Å²) in [6.07, 6.45) is 48.8. The van der Waals surface area contributed by atoms with Crippen LogP contribution in [0.5, 0.6) is 0 Å². The van der Waals surface area contributed by atoms with Crippen LogP contribution >= 0.6 is 7.82 Å². The molecule has 0 heterocycles. The van der Waals surface area contributed by atoms with Gasteiger partial charge < -0.3 is 18.9 Å². The molecule has 1 N–H and O–H groups in total. The van der Waals surface area contributed by atoms with Crippen molar-refractivity contribution in [2.24, 2.45) is 0 Å². The van der Waals surface area contributed by atoms with Gasteiger partial charge in [0.15, 0.2) is 6.10 Å². The fraction of sp³-hybridized carbons (Fsp3) is 0.609. The minimum Gasteiger partial charge on any atom is -0.462 e. The highest BCUT2D eigenvalue weighted by Crippen LogP contribution is 2.43. The van der Waals surface area contributed by atoms with Gasteiger partial charge in [-0.15, -0.1) is 0 Å². The summed E-state index contributed by atoms with van der Waals surface area (Å²) in [7, 11) is 1.42. The zero-order chi connectivity index (χ0) is 41.4. The molecule has 0 saturated heterocycles. The number of carbonyl (C=O) groups is 2. The molecule has 1 unspecified atom stereocenters. The molecule has 0 aliphatic rings. The maximum atomic E-state index is 12.7. The molecule has 0 aliphatic carbocycles. The highest BCUT2D eigenvalue weighted by molar-refractivity contribution is 7.47. The lowest BCUT2D eigenvalue weighted by molar-refractivity contribution is -0.870. The number of allylic oxidation sites excluding steroid dienone is 16. The third-order valence-electron chi connectivity index (χ3n) is 8.17. The maximum Gasteiger partial charge on any atom is 0.472 e. The molecular weight excluding hydrogens is 725 g/mol. The minimum absolute atomic E-state index is 0.0151. The zero-order valence-corrected chi connectivity index (χ0v) is 36.5. The van der Waals surface area contributed by atoms with Gasteiger partial charge in [-0.1, -0.05) is 143 Å². The Morgan fingerprint density at radius 3 is 1.70 bits per heavy atom. The fourth-order valence-electron chi connectivity index (χ4n) is 4.90. The minimum atomic E-state index is -4.39. The van der Waals surface area contributed by atoms with Crippen molar-refractivity contribution >= 4 is 19.8 Å². The van der Waals surface area contributed by atoms with Gasteiger partial charge in [-0.25, -0.2) is 4.57 Å². The predicted molar refractivity (Wildman–Crippen MR) is 233 cm³/mol. The van der Waals surface area contributed by atoms with Crippen molar-refractivity contribution in [3.8, 4) is 0 Å². The summed E-state index contributed by atoms with van der Waals surface area (Å²) in [6.45, 7) is 4.11. The van der Waals surface area contributed by atoms with Gasteiger partial charge in [-0.2, -0.15) is 0 Å². The number of unbranched alkanes of at least 4 members (excludes halogenated alkanes) is 9. The Bertz CT molecular complexity index is 1270. The third-order valence-corrected chi connectivity index (χ3v) is 9.16. The first kappa shape index (κ1) is 52.9. The monoisotopic (exact) mass is 803 g/mol. The molecule has 9 nitrogen and oxygen atoms in total. The lowest BCUT2D eigenvalue weighted by Crippen LogP contribution is -2.37. The van der Waals surface area contributed by atoms with E-state index in [4.69, 9.17) is 18.5 Å². The van der Waals surface area contributed by atoms with E-state index in [1.807, 2.05) is 51.5 Å². The van der Waals surface area contributed by atoms with Gasteiger partial charge in [0.25, 0.3) is 0 Å². The summed E-state index contributed by atoms with van der Waals surface area (Å²) in [5.74, 6) is -0.875. The van der Waals surface area contributed by atoms with E-state index in [0.29, 0.717) is 23.9 Å². The Morgan fingerprint density at radius 2 is 1.09 bits per heavy atom. The van der Waals surface area contributed by atoms with Crippen molar-refractivity contribution in [3.05, 3.63) is 97.2 Å². The maximum absolute atomic E-state index is 12.7. The van der Waals surface area contributed by atoms with E-state index in [0.717, 1.165) is 83.5 Å². The summed E-state index contributed by atoms with van der Waals surface area (Å²) in [4.78, 5) is 35.3. The molecule has 0 aromatic rings. The largest absolute Gasteiger partial charge is 0.472 e. The summed E-state index contributed by atoms with van der Waals surface area (Å²) < 4.78 is 34.2. The SMILES string of the molecule is CC/C=C/C=C/C=C/C=C/CCCCCCCC(=O)O[C@H](COC(=O)CCCCC/C=C/C/C=C/C/C=C/C/C=C/CCC)COP(=O)(O)OCC[N+](C)(C)C. The van der Waals surface area contributed by atoms with Crippen LogP contribution in [0.3, 0.4) is 0 Å². The second-order valence-electron chi connectivity index (χ2n) is 14.7. The Labute approximate surface area is 341 Å².